The van der Waals surface area contributed by atoms with Crippen molar-refractivity contribution in [3.8, 4) is 0 Å². The van der Waals surface area contributed by atoms with Gasteiger partial charge in [0.15, 0.2) is 0 Å². The van der Waals surface area contributed by atoms with Crippen LogP contribution in [0.1, 0.15) is 60.5 Å². The minimum absolute atomic E-state index is 0.0529. The lowest BCUT2D eigenvalue weighted by Crippen LogP contribution is -2.50. The summed E-state index contributed by atoms with van der Waals surface area (Å²) in [6.45, 7) is 5.46. The number of hydrogen-bond donors (Lipinski definition) is 2. The van der Waals surface area contributed by atoms with Crippen LogP contribution in [0.3, 0.4) is 0 Å². The van der Waals surface area contributed by atoms with Crippen molar-refractivity contribution in [3.63, 3.8) is 0 Å². The number of carbonyl (C=O) groups excluding carboxylic acids is 3. The Bertz CT molecular complexity index is 1510. The second-order valence-electron chi connectivity index (χ2n) is 11.8. The lowest BCUT2D eigenvalue weighted by atomic mass is 9.78. The van der Waals surface area contributed by atoms with Gasteiger partial charge in [-0.1, -0.05) is 32.0 Å². The zero-order chi connectivity index (χ0) is 27.5. The molecule has 3 aliphatic rings. The van der Waals surface area contributed by atoms with Crippen LogP contribution in [0, 0.1) is 18.2 Å². The number of nitrogens with zero attached hydrogens (tertiary/aromatic N) is 2. The molecule has 3 heterocycles. The second-order valence-corrected chi connectivity index (χ2v) is 11.8. The summed E-state index contributed by atoms with van der Waals surface area (Å²) in [5, 5.41) is 5.86. The van der Waals surface area contributed by atoms with E-state index in [9.17, 15) is 18.8 Å². The lowest BCUT2D eigenvalue weighted by Gasteiger charge is -2.43. The fraction of sp³-hybridized carbons (Fsp3) is 0.355. The maximum atomic E-state index is 14.2. The molecule has 1 saturated heterocycles. The third-order valence-electron chi connectivity index (χ3n) is 8.49. The van der Waals surface area contributed by atoms with Gasteiger partial charge in [-0.3, -0.25) is 14.4 Å². The summed E-state index contributed by atoms with van der Waals surface area (Å²) in [4.78, 5) is 45.6. The predicted octanol–water partition coefficient (Wildman–Crippen LogP) is 4.85. The molecular formula is C31H31FN4O3. The van der Waals surface area contributed by atoms with Gasteiger partial charge in [0, 0.05) is 22.9 Å². The Labute approximate surface area is 226 Å². The summed E-state index contributed by atoms with van der Waals surface area (Å²) >= 11 is 0. The number of hydrogen-bond acceptors (Lipinski definition) is 4. The largest absolute Gasteiger partial charge is 0.326 e. The third kappa shape index (κ3) is 4.28. The molecule has 6 rings (SSSR count). The number of anilines is 2. The van der Waals surface area contributed by atoms with Crippen LogP contribution in [-0.2, 0) is 32.6 Å². The molecule has 1 aliphatic carbocycles. The number of nitrogens with one attached hydrogen (secondary N) is 2. The Kier molecular flexibility index (Phi) is 5.82. The molecule has 1 fully saturated rings. The van der Waals surface area contributed by atoms with Crippen LogP contribution in [0.5, 0.6) is 0 Å². The number of benzene rings is 2. The molecule has 200 valence electrons. The molecule has 2 N–H and O–H groups in total. The Morgan fingerprint density at radius 1 is 1.13 bits per heavy atom. The van der Waals surface area contributed by atoms with Gasteiger partial charge in [0.05, 0.1) is 11.5 Å². The Morgan fingerprint density at radius 3 is 2.72 bits per heavy atom. The van der Waals surface area contributed by atoms with E-state index in [-0.39, 0.29) is 36.1 Å². The van der Waals surface area contributed by atoms with Crippen molar-refractivity contribution >= 4 is 29.2 Å². The van der Waals surface area contributed by atoms with Crippen molar-refractivity contribution < 1.29 is 18.8 Å². The van der Waals surface area contributed by atoms with E-state index < -0.39 is 10.8 Å². The highest BCUT2D eigenvalue weighted by Crippen LogP contribution is 2.47. The van der Waals surface area contributed by atoms with Gasteiger partial charge in [0.2, 0.25) is 17.7 Å². The van der Waals surface area contributed by atoms with Gasteiger partial charge in [0.1, 0.15) is 18.2 Å². The number of halogens is 1. The summed E-state index contributed by atoms with van der Waals surface area (Å²) in [6, 6.07) is 13.9. The fourth-order valence-corrected chi connectivity index (χ4v) is 6.48. The van der Waals surface area contributed by atoms with Gasteiger partial charge in [-0.05, 0) is 85.2 Å². The first-order chi connectivity index (χ1) is 18.6. The van der Waals surface area contributed by atoms with E-state index in [0.29, 0.717) is 42.8 Å². The average Bonchev–Trinajstić information content (AvgIpc) is 3.38. The lowest BCUT2D eigenvalue weighted by molar-refractivity contribution is -0.150. The molecule has 1 aromatic heterocycles. The highest BCUT2D eigenvalue weighted by molar-refractivity contribution is 6.06. The zero-order valence-electron chi connectivity index (χ0n) is 22.3. The summed E-state index contributed by atoms with van der Waals surface area (Å²) < 4.78 is 14.2. The number of piperidine rings is 1. The molecule has 8 heteroatoms. The minimum Gasteiger partial charge on any atom is -0.326 e. The predicted molar refractivity (Wildman–Crippen MR) is 146 cm³/mol. The highest BCUT2D eigenvalue weighted by atomic mass is 19.1. The number of carbonyl (C=O) groups is 3. The normalized spacial score (nSPS) is 23.0. The van der Waals surface area contributed by atoms with Crippen molar-refractivity contribution in [3.05, 3.63) is 88.4 Å². The molecule has 0 saturated carbocycles. The number of pyridine rings is 1. The number of aryl methyl sites for hydroxylation is 1. The van der Waals surface area contributed by atoms with Crippen molar-refractivity contribution in [2.75, 3.05) is 17.2 Å². The van der Waals surface area contributed by atoms with Gasteiger partial charge in [-0.2, -0.15) is 0 Å². The third-order valence-corrected chi connectivity index (χ3v) is 8.49. The maximum absolute atomic E-state index is 14.2. The van der Waals surface area contributed by atoms with Crippen LogP contribution in [-0.4, -0.2) is 34.2 Å². The van der Waals surface area contributed by atoms with Crippen LogP contribution in [0.15, 0.2) is 54.7 Å². The van der Waals surface area contributed by atoms with E-state index in [2.05, 4.69) is 15.6 Å². The molecule has 2 aliphatic heterocycles. The molecule has 2 atom stereocenters. The molecule has 1 spiro atoms. The summed E-state index contributed by atoms with van der Waals surface area (Å²) in [5.74, 6) is -0.230. The van der Waals surface area contributed by atoms with Crippen LogP contribution in [0.4, 0.5) is 15.9 Å². The van der Waals surface area contributed by atoms with Gasteiger partial charge in [-0.25, -0.2) is 9.37 Å². The Morgan fingerprint density at radius 2 is 1.92 bits per heavy atom. The number of rotatable bonds is 4. The monoisotopic (exact) mass is 526 g/mol. The molecule has 0 radical (unpaired) electrons. The first kappa shape index (κ1) is 25.2. The van der Waals surface area contributed by atoms with Gasteiger partial charge >= 0.3 is 0 Å². The highest BCUT2D eigenvalue weighted by Gasteiger charge is 2.51. The zero-order valence-corrected chi connectivity index (χ0v) is 22.3. The van der Waals surface area contributed by atoms with Crippen LogP contribution >= 0.6 is 0 Å². The maximum Gasteiger partial charge on any atom is 0.244 e. The molecule has 39 heavy (non-hydrogen) atoms. The van der Waals surface area contributed by atoms with Crippen molar-refractivity contribution in [1.82, 2.24) is 9.88 Å². The Hall–Kier alpha value is -4.07. The number of aromatic nitrogens is 1. The molecular weight excluding hydrogens is 495 g/mol. The van der Waals surface area contributed by atoms with Crippen molar-refractivity contribution in [1.29, 1.82) is 0 Å². The summed E-state index contributed by atoms with van der Waals surface area (Å²) in [6.07, 6.45) is 4.07. The molecule has 3 amide bonds. The number of likely N-dealkylation sites (tertiary alicyclic amines) is 1. The average molecular weight is 527 g/mol. The van der Waals surface area contributed by atoms with Crippen molar-refractivity contribution in [2.45, 2.75) is 57.9 Å². The molecule has 3 aromatic rings. The molecule has 7 nitrogen and oxygen atoms in total. The van der Waals surface area contributed by atoms with E-state index in [1.165, 1.54) is 12.1 Å². The minimum atomic E-state index is -0.684. The van der Waals surface area contributed by atoms with Crippen LogP contribution < -0.4 is 10.6 Å². The topological polar surface area (TPSA) is 91.4 Å². The van der Waals surface area contributed by atoms with E-state index in [1.54, 1.807) is 11.1 Å². The Balaban J connectivity index is 1.22. The second kappa shape index (κ2) is 9.00. The first-order valence-electron chi connectivity index (χ1n) is 13.3. The molecule has 0 bridgehead atoms. The molecule has 2 aromatic carbocycles. The van der Waals surface area contributed by atoms with E-state index in [1.807, 2.05) is 57.2 Å². The molecule has 2 unspecified atom stereocenters. The van der Waals surface area contributed by atoms with Gasteiger partial charge < -0.3 is 15.5 Å². The summed E-state index contributed by atoms with van der Waals surface area (Å²) in [7, 11) is 0. The number of fused-ring (bicyclic) bond motifs is 3. The van der Waals surface area contributed by atoms with E-state index in [4.69, 9.17) is 0 Å². The van der Waals surface area contributed by atoms with E-state index >= 15 is 0 Å². The summed E-state index contributed by atoms with van der Waals surface area (Å²) in [5.41, 5.74) is 3.78. The fourth-order valence-electron chi connectivity index (χ4n) is 6.48. The first-order valence-corrected chi connectivity index (χ1v) is 13.3. The number of amides is 3. The van der Waals surface area contributed by atoms with Crippen molar-refractivity contribution in [2.24, 2.45) is 5.41 Å². The van der Waals surface area contributed by atoms with Gasteiger partial charge in [0.25, 0.3) is 0 Å². The van der Waals surface area contributed by atoms with E-state index in [0.717, 1.165) is 22.3 Å². The standard InChI is InChI=1S/C31H31FN4O3/c1-18-11-20(13-22(32)12-18)25-8-9-30(2,3)29(39)36(25)17-26(37)34-23-7-6-19-15-31(16-21(19)14-23)24-5-4-10-33-27(24)35-28(31)38/h4-7,10-14,25H,8-9,15-17H2,1-3H3,(H,34,37)(H,33,35,38). The SMILES string of the molecule is Cc1cc(F)cc(C2CCC(C)(C)C(=O)N2CC(=O)Nc2ccc3c(c2)CC2(C3)C(=O)Nc3ncccc32)c1. The van der Waals surface area contributed by atoms with Gasteiger partial charge in [-0.15, -0.1) is 0 Å². The quantitative estimate of drug-likeness (QED) is 0.509. The van der Waals surface area contributed by atoms with Crippen LogP contribution in [0.2, 0.25) is 0 Å². The van der Waals surface area contributed by atoms with Crippen LogP contribution in [0.25, 0.3) is 0 Å². The smallest absolute Gasteiger partial charge is 0.244 e.